The topological polar surface area (TPSA) is 85.4 Å². The van der Waals surface area contributed by atoms with E-state index in [1.165, 1.54) is 12.0 Å². The minimum atomic E-state index is -0.441. The predicted octanol–water partition coefficient (Wildman–Crippen LogP) is 0.169. The molecule has 1 aliphatic heterocycles. The Balaban J connectivity index is 1.78. The molecule has 1 fully saturated rings. The minimum absolute atomic E-state index is 0.00344. The quantitative estimate of drug-likeness (QED) is 0.680. The maximum absolute atomic E-state index is 12.1. The van der Waals surface area contributed by atoms with E-state index in [1.807, 2.05) is 0 Å². The van der Waals surface area contributed by atoms with E-state index in [1.54, 1.807) is 36.2 Å². The molecule has 1 aromatic rings. The van der Waals surface area contributed by atoms with Crippen LogP contribution in [0.2, 0.25) is 0 Å². The molecule has 1 heterocycles. The Morgan fingerprint density at radius 3 is 2.40 bits per heavy atom. The summed E-state index contributed by atoms with van der Waals surface area (Å²) in [6.07, 6.45) is 0. The van der Waals surface area contributed by atoms with Crippen LogP contribution in [-0.4, -0.2) is 81.2 Å². The van der Waals surface area contributed by atoms with Crippen LogP contribution in [0.3, 0.4) is 0 Å². The number of hydrogen-bond donors (Lipinski definition) is 0. The molecule has 1 saturated heterocycles. The number of nitrogens with zero attached hydrogens (tertiary/aromatic N) is 2. The van der Waals surface area contributed by atoms with Crippen LogP contribution < -0.4 is 4.74 Å². The number of ether oxygens (including phenoxy) is 3. The molecule has 0 unspecified atom stereocenters. The summed E-state index contributed by atoms with van der Waals surface area (Å²) in [6.45, 7) is 1.95. The van der Waals surface area contributed by atoms with Crippen molar-refractivity contribution in [2.45, 2.75) is 0 Å². The maximum atomic E-state index is 12.1. The largest absolute Gasteiger partial charge is 0.484 e. The van der Waals surface area contributed by atoms with Crippen LogP contribution in [-0.2, 0) is 19.1 Å². The first-order valence-electron chi connectivity index (χ1n) is 7.92. The molecule has 0 bridgehead atoms. The Labute approximate surface area is 146 Å². The van der Waals surface area contributed by atoms with E-state index in [0.29, 0.717) is 37.6 Å². The molecule has 0 N–H and O–H groups in total. The van der Waals surface area contributed by atoms with Crippen molar-refractivity contribution in [2.75, 3.05) is 53.6 Å². The summed E-state index contributed by atoms with van der Waals surface area (Å²) < 4.78 is 15.2. The summed E-state index contributed by atoms with van der Waals surface area (Å²) in [5.41, 5.74) is 0.398. The number of benzene rings is 1. The van der Waals surface area contributed by atoms with E-state index < -0.39 is 5.97 Å². The number of carbonyl (C=O) groups excluding carboxylic acids is 3. The van der Waals surface area contributed by atoms with Gasteiger partial charge in [0.05, 0.1) is 32.4 Å². The lowest BCUT2D eigenvalue weighted by molar-refractivity contribution is -0.142. The van der Waals surface area contributed by atoms with Gasteiger partial charge in [-0.25, -0.2) is 4.79 Å². The van der Waals surface area contributed by atoms with Gasteiger partial charge in [-0.05, 0) is 24.3 Å². The molecule has 1 aromatic carbocycles. The molecule has 25 heavy (non-hydrogen) atoms. The van der Waals surface area contributed by atoms with Gasteiger partial charge in [0.1, 0.15) is 5.75 Å². The molecule has 136 valence electrons. The summed E-state index contributed by atoms with van der Waals surface area (Å²) >= 11 is 0. The Morgan fingerprint density at radius 2 is 1.80 bits per heavy atom. The normalized spacial score (nSPS) is 13.9. The van der Waals surface area contributed by atoms with E-state index in [9.17, 15) is 14.4 Å². The molecular formula is C17H22N2O6. The standard InChI is InChI=1S/C17H22N2O6/c1-18(11-15(20)19-7-9-24-10-8-19)16(21)12-25-14-5-3-13(4-6-14)17(22)23-2/h3-6H,7-12H2,1-2H3. The molecule has 1 aliphatic rings. The molecule has 0 aromatic heterocycles. The lowest BCUT2D eigenvalue weighted by Crippen LogP contribution is -2.46. The molecular weight excluding hydrogens is 328 g/mol. The van der Waals surface area contributed by atoms with Gasteiger partial charge in [-0.15, -0.1) is 0 Å². The Bertz CT molecular complexity index is 610. The predicted molar refractivity (Wildman–Crippen MR) is 88.3 cm³/mol. The molecule has 0 saturated carbocycles. The van der Waals surface area contributed by atoms with E-state index in [4.69, 9.17) is 9.47 Å². The van der Waals surface area contributed by atoms with Crippen molar-refractivity contribution in [1.82, 2.24) is 9.80 Å². The van der Waals surface area contributed by atoms with Gasteiger partial charge in [0.2, 0.25) is 5.91 Å². The lowest BCUT2D eigenvalue weighted by atomic mass is 10.2. The van der Waals surface area contributed by atoms with Gasteiger partial charge in [-0.3, -0.25) is 9.59 Å². The van der Waals surface area contributed by atoms with Gasteiger partial charge >= 0.3 is 5.97 Å². The van der Waals surface area contributed by atoms with Gasteiger partial charge in [0.25, 0.3) is 5.91 Å². The van der Waals surface area contributed by atoms with Crippen molar-refractivity contribution in [2.24, 2.45) is 0 Å². The summed E-state index contributed by atoms with van der Waals surface area (Å²) in [5.74, 6) is -0.405. The van der Waals surface area contributed by atoms with Crippen molar-refractivity contribution in [3.63, 3.8) is 0 Å². The average molecular weight is 350 g/mol. The van der Waals surface area contributed by atoms with Crippen molar-refractivity contribution in [3.8, 4) is 5.75 Å². The maximum Gasteiger partial charge on any atom is 0.337 e. The first-order valence-corrected chi connectivity index (χ1v) is 7.92. The Morgan fingerprint density at radius 1 is 1.16 bits per heavy atom. The summed E-state index contributed by atoms with van der Waals surface area (Å²) in [7, 11) is 2.86. The SMILES string of the molecule is COC(=O)c1ccc(OCC(=O)N(C)CC(=O)N2CCOCC2)cc1. The minimum Gasteiger partial charge on any atom is -0.484 e. The van der Waals surface area contributed by atoms with E-state index in [0.717, 1.165) is 0 Å². The first kappa shape index (κ1) is 18.7. The van der Waals surface area contributed by atoms with E-state index in [2.05, 4.69) is 4.74 Å². The molecule has 8 nitrogen and oxygen atoms in total. The summed E-state index contributed by atoms with van der Waals surface area (Å²) in [6, 6.07) is 6.27. The fourth-order valence-electron chi connectivity index (χ4n) is 2.26. The zero-order valence-electron chi connectivity index (χ0n) is 14.4. The second-order valence-electron chi connectivity index (χ2n) is 5.55. The molecule has 0 spiro atoms. The van der Waals surface area contributed by atoms with Crippen LogP contribution in [0.1, 0.15) is 10.4 Å². The second-order valence-corrected chi connectivity index (χ2v) is 5.55. The highest BCUT2D eigenvalue weighted by atomic mass is 16.5. The number of methoxy groups -OCH3 is 1. The highest BCUT2D eigenvalue weighted by Gasteiger charge is 2.20. The number of amides is 2. The highest BCUT2D eigenvalue weighted by Crippen LogP contribution is 2.13. The molecule has 2 amide bonds. The fourth-order valence-corrected chi connectivity index (χ4v) is 2.26. The van der Waals surface area contributed by atoms with Crippen molar-refractivity contribution < 1.29 is 28.6 Å². The van der Waals surface area contributed by atoms with Crippen LogP contribution in [0.4, 0.5) is 0 Å². The first-order chi connectivity index (χ1) is 12.0. The Kier molecular flexibility index (Phi) is 6.76. The monoisotopic (exact) mass is 350 g/mol. The number of rotatable bonds is 6. The third kappa shape index (κ3) is 5.46. The highest BCUT2D eigenvalue weighted by molar-refractivity contribution is 5.89. The summed E-state index contributed by atoms with van der Waals surface area (Å²) in [5, 5.41) is 0. The zero-order chi connectivity index (χ0) is 18.2. The van der Waals surface area contributed by atoms with Crippen molar-refractivity contribution >= 4 is 17.8 Å². The summed E-state index contributed by atoms with van der Waals surface area (Å²) in [4.78, 5) is 38.6. The number of hydrogen-bond acceptors (Lipinski definition) is 6. The number of likely N-dealkylation sites (N-methyl/N-ethyl adjacent to an activating group) is 1. The molecule has 0 aliphatic carbocycles. The van der Waals surface area contributed by atoms with Gasteiger partial charge < -0.3 is 24.0 Å². The van der Waals surface area contributed by atoms with Gasteiger partial charge in [0, 0.05) is 20.1 Å². The molecule has 0 radical (unpaired) electrons. The third-order valence-electron chi connectivity index (χ3n) is 3.80. The third-order valence-corrected chi connectivity index (χ3v) is 3.80. The smallest absolute Gasteiger partial charge is 0.337 e. The van der Waals surface area contributed by atoms with E-state index >= 15 is 0 Å². The molecule has 2 rings (SSSR count). The number of esters is 1. The second kappa shape index (κ2) is 9.03. The zero-order valence-corrected chi connectivity index (χ0v) is 14.4. The van der Waals surface area contributed by atoms with Gasteiger partial charge in [-0.1, -0.05) is 0 Å². The van der Waals surface area contributed by atoms with Crippen LogP contribution in [0, 0.1) is 0 Å². The number of morpholine rings is 1. The van der Waals surface area contributed by atoms with E-state index in [-0.39, 0.29) is 25.0 Å². The van der Waals surface area contributed by atoms with Crippen LogP contribution in [0.15, 0.2) is 24.3 Å². The van der Waals surface area contributed by atoms with Gasteiger partial charge in [0.15, 0.2) is 6.61 Å². The molecule has 0 atom stereocenters. The Hall–Kier alpha value is -2.61. The van der Waals surface area contributed by atoms with Crippen LogP contribution in [0.25, 0.3) is 0 Å². The van der Waals surface area contributed by atoms with Gasteiger partial charge in [-0.2, -0.15) is 0 Å². The van der Waals surface area contributed by atoms with Crippen LogP contribution >= 0.6 is 0 Å². The van der Waals surface area contributed by atoms with Crippen molar-refractivity contribution in [1.29, 1.82) is 0 Å². The molecule has 8 heteroatoms. The fraction of sp³-hybridized carbons (Fsp3) is 0.471. The lowest BCUT2D eigenvalue weighted by Gasteiger charge is -2.28. The average Bonchev–Trinajstić information content (AvgIpc) is 2.66. The number of carbonyl (C=O) groups is 3. The van der Waals surface area contributed by atoms with Crippen molar-refractivity contribution in [3.05, 3.63) is 29.8 Å². The van der Waals surface area contributed by atoms with Crippen LogP contribution in [0.5, 0.6) is 5.75 Å².